The monoisotopic (exact) mass is 272 g/mol. The van der Waals surface area contributed by atoms with Crippen LogP contribution in [0.1, 0.15) is 91.4 Å². The molecule has 0 aliphatic heterocycles. The summed E-state index contributed by atoms with van der Waals surface area (Å²) in [6, 6.07) is 0. The normalized spacial score (nSPS) is 14.5. The van der Waals surface area contributed by atoms with Crippen molar-refractivity contribution in [3.05, 3.63) is 0 Å². The molecule has 0 aliphatic rings. The Morgan fingerprint density at radius 2 is 1.26 bits per heavy atom. The fourth-order valence-electron chi connectivity index (χ4n) is 2.31. The van der Waals surface area contributed by atoms with Crippen molar-refractivity contribution >= 4 is 0 Å². The molecule has 0 amide bonds. The summed E-state index contributed by atoms with van der Waals surface area (Å²) in [6.45, 7) is 6.62. The van der Waals surface area contributed by atoms with E-state index >= 15 is 0 Å². The van der Waals surface area contributed by atoms with Crippen LogP contribution >= 0.6 is 0 Å². The largest absolute Gasteiger partial charge is 0.391 e. The molecule has 0 aromatic carbocycles. The molecule has 0 saturated heterocycles. The Labute approximate surface area is 120 Å². The number of hydrogen-bond donors (Lipinski definition) is 1. The van der Waals surface area contributed by atoms with Crippen molar-refractivity contribution in [2.24, 2.45) is 0 Å². The fraction of sp³-hybridized carbons (Fsp3) is 1.00. The predicted octanol–water partition coefficient (Wildman–Crippen LogP) is 5.08. The van der Waals surface area contributed by atoms with Crippen LogP contribution in [0.4, 0.5) is 0 Å². The number of rotatable bonds is 14. The molecule has 1 N–H and O–H groups in total. The molecule has 0 fully saturated rings. The number of hydrogen-bond acceptors (Lipinski definition) is 2. The quantitative estimate of drug-likeness (QED) is 0.447. The van der Waals surface area contributed by atoms with Crippen LogP contribution in [0.25, 0.3) is 0 Å². The summed E-state index contributed by atoms with van der Waals surface area (Å²) in [6.07, 6.45) is 14.9. The Bertz CT molecular complexity index is 169. The molecule has 0 heterocycles. The summed E-state index contributed by atoms with van der Waals surface area (Å²) in [5.41, 5.74) is 0. The molecule has 0 spiro atoms. The van der Waals surface area contributed by atoms with Crippen molar-refractivity contribution in [1.82, 2.24) is 0 Å². The van der Waals surface area contributed by atoms with Gasteiger partial charge in [0, 0.05) is 0 Å². The molecule has 2 nitrogen and oxygen atoms in total. The standard InChI is InChI=1S/C17H36O2/c1-4-5-6-7-8-9-10-11-12-13-14-17(3)19-15-16(2)18/h16-18H,4-15H2,1-3H3. The van der Waals surface area contributed by atoms with Crippen molar-refractivity contribution in [2.45, 2.75) is 104 Å². The highest BCUT2D eigenvalue weighted by molar-refractivity contribution is 4.54. The first-order valence-corrected chi connectivity index (χ1v) is 8.46. The Kier molecular flexibility index (Phi) is 14.3. The first-order valence-electron chi connectivity index (χ1n) is 8.46. The minimum atomic E-state index is -0.338. The number of ether oxygens (including phenoxy) is 1. The SMILES string of the molecule is CCCCCCCCCCCCC(C)OCC(C)O. The van der Waals surface area contributed by atoms with E-state index in [1.165, 1.54) is 64.2 Å². The van der Waals surface area contributed by atoms with Crippen LogP contribution in [0.5, 0.6) is 0 Å². The number of unbranched alkanes of at least 4 members (excludes halogenated alkanes) is 9. The lowest BCUT2D eigenvalue weighted by Crippen LogP contribution is -2.16. The van der Waals surface area contributed by atoms with Crippen molar-refractivity contribution in [3.63, 3.8) is 0 Å². The van der Waals surface area contributed by atoms with Gasteiger partial charge in [0.15, 0.2) is 0 Å². The number of aliphatic hydroxyl groups excluding tert-OH is 1. The predicted molar refractivity (Wildman–Crippen MR) is 83.6 cm³/mol. The Morgan fingerprint density at radius 3 is 1.74 bits per heavy atom. The molecule has 0 saturated carbocycles. The summed E-state index contributed by atoms with van der Waals surface area (Å²) in [4.78, 5) is 0. The minimum absolute atomic E-state index is 0.295. The van der Waals surface area contributed by atoms with Crippen LogP contribution in [0.3, 0.4) is 0 Å². The summed E-state index contributed by atoms with van der Waals surface area (Å²) < 4.78 is 5.54. The van der Waals surface area contributed by atoms with Crippen LogP contribution in [-0.4, -0.2) is 23.9 Å². The van der Waals surface area contributed by atoms with E-state index < -0.39 is 0 Å². The van der Waals surface area contributed by atoms with Gasteiger partial charge in [-0.25, -0.2) is 0 Å². The molecule has 0 aromatic rings. The van der Waals surface area contributed by atoms with Gasteiger partial charge in [-0.15, -0.1) is 0 Å². The van der Waals surface area contributed by atoms with E-state index in [0.717, 1.165) is 6.42 Å². The van der Waals surface area contributed by atoms with Gasteiger partial charge in [-0.2, -0.15) is 0 Å². The minimum Gasteiger partial charge on any atom is -0.391 e. The lowest BCUT2D eigenvalue weighted by Gasteiger charge is -2.14. The molecule has 0 rings (SSSR count). The maximum absolute atomic E-state index is 9.12. The van der Waals surface area contributed by atoms with Gasteiger partial charge in [0.25, 0.3) is 0 Å². The zero-order valence-electron chi connectivity index (χ0n) is 13.5. The highest BCUT2D eigenvalue weighted by Gasteiger charge is 2.03. The van der Waals surface area contributed by atoms with Crippen LogP contribution in [0, 0.1) is 0 Å². The lowest BCUT2D eigenvalue weighted by molar-refractivity contribution is 0.00122. The van der Waals surface area contributed by atoms with E-state index in [9.17, 15) is 0 Å². The van der Waals surface area contributed by atoms with Gasteiger partial charge >= 0.3 is 0 Å². The van der Waals surface area contributed by atoms with E-state index in [4.69, 9.17) is 9.84 Å². The molecule has 2 heteroatoms. The van der Waals surface area contributed by atoms with E-state index in [0.29, 0.717) is 12.7 Å². The average molecular weight is 272 g/mol. The third kappa shape index (κ3) is 15.9. The van der Waals surface area contributed by atoms with Gasteiger partial charge in [0.05, 0.1) is 18.8 Å². The molecule has 19 heavy (non-hydrogen) atoms. The van der Waals surface area contributed by atoms with E-state index in [1.54, 1.807) is 6.92 Å². The first-order chi connectivity index (χ1) is 9.16. The van der Waals surface area contributed by atoms with Crippen molar-refractivity contribution in [1.29, 1.82) is 0 Å². The first kappa shape index (κ1) is 18.9. The van der Waals surface area contributed by atoms with E-state index in [1.807, 2.05) is 0 Å². The van der Waals surface area contributed by atoms with Gasteiger partial charge in [-0.1, -0.05) is 71.1 Å². The highest BCUT2D eigenvalue weighted by Crippen LogP contribution is 2.12. The van der Waals surface area contributed by atoms with Crippen LogP contribution in [-0.2, 0) is 4.74 Å². The lowest BCUT2D eigenvalue weighted by atomic mass is 10.0. The molecular weight excluding hydrogens is 236 g/mol. The highest BCUT2D eigenvalue weighted by atomic mass is 16.5. The molecule has 0 aliphatic carbocycles. The van der Waals surface area contributed by atoms with Gasteiger partial charge < -0.3 is 9.84 Å². The van der Waals surface area contributed by atoms with Crippen molar-refractivity contribution < 1.29 is 9.84 Å². The van der Waals surface area contributed by atoms with Crippen LogP contribution < -0.4 is 0 Å². The van der Waals surface area contributed by atoms with Gasteiger partial charge in [0.1, 0.15) is 0 Å². The topological polar surface area (TPSA) is 29.5 Å². The molecule has 2 unspecified atom stereocenters. The third-order valence-electron chi connectivity index (χ3n) is 3.59. The second kappa shape index (κ2) is 14.3. The molecule has 116 valence electrons. The summed E-state index contributed by atoms with van der Waals surface area (Å²) in [7, 11) is 0. The van der Waals surface area contributed by atoms with Gasteiger partial charge in [-0.05, 0) is 20.3 Å². The Hall–Kier alpha value is -0.0800. The maximum Gasteiger partial charge on any atom is 0.0745 e. The van der Waals surface area contributed by atoms with Crippen molar-refractivity contribution in [3.8, 4) is 0 Å². The Balaban J connectivity index is 3.09. The van der Waals surface area contributed by atoms with Crippen LogP contribution in [0.2, 0.25) is 0 Å². The molecule has 0 bridgehead atoms. The summed E-state index contributed by atoms with van der Waals surface area (Å²) >= 11 is 0. The van der Waals surface area contributed by atoms with E-state index in [-0.39, 0.29) is 6.10 Å². The van der Waals surface area contributed by atoms with Gasteiger partial charge in [0.2, 0.25) is 0 Å². The smallest absolute Gasteiger partial charge is 0.0745 e. The fourth-order valence-corrected chi connectivity index (χ4v) is 2.31. The van der Waals surface area contributed by atoms with Crippen LogP contribution in [0.15, 0.2) is 0 Å². The van der Waals surface area contributed by atoms with E-state index in [2.05, 4.69) is 13.8 Å². The zero-order chi connectivity index (χ0) is 14.3. The summed E-state index contributed by atoms with van der Waals surface area (Å²) in [5.74, 6) is 0. The average Bonchev–Trinajstić information content (AvgIpc) is 2.38. The molecule has 0 aromatic heterocycles. The summed E-state index contributed by atoms with van der Waals surface area (Å²) in [5, 5.41) is 9.12. The Morgan fingerprint density at radius 1 is 0.789 bits per heavy atom. The number of aliphatic hydroxyl groups is 1. The molecule has 0 radical (unpaired) electrons. The second-order valence-electron chi connectivity index (χ2n) is 5.96. The zero-order valence-corrected chi connectivity index (χ0v) is 13.5. The second-order valence-corrected chi connectivity index (χ2v) is 5.96. The van der Waals surface area contributed by atoms with Gasteiger partial charge in [-0.3, -0.25) is 0 Å². The molecular formula is C17H36O2. The third-order valence-corrected chi connectivity index (χ3v) is 3.59. The maximum atomic E-state index is 9.12. The van der Waals surface area contributed by atoms with Crippen molar-refractivity contribution in [2.75, 3.05) is 6.61 Å². The molecule has 2 atom stereocenters.